The lowest BCUT2D eigenvalue weighted by Gasteiger charge is -2.16. The summed E-state index contributed by atoms with van der Waals surface area (Å²) in [5.74, 6) is 1.38. The number of ether oxygens (including phenoxy) is 1. The predicted octanol–water partition coefficient (Wildman–Crippen LogP) is 4.32. The molecule has 0 N–H and O–H groups in total. The van der Waals surface area contributed by atoms with E-state index in [9.17, 15) is 4.79 Å². The fourth-order valence-electron chi connectivity index (χ4n) is 2.35. The molecule has 0 amide bonds. The van der Waals surface area contributed by atoms with E-state index in [2.05, 4.69) is 28.1 Å². The smallest absolute Gasteiger partial charge is 0.138 e. The fourth-order valence-corrected chi connectivity index (χ4v) is 2.90. The van der Waals surface area contributed by atoms with E-state index in [1.54, 1.807) is 0 Å². The number of carbonyl (C=O) groups is 1. The van der Waals surface area contributed by atoms with Gasteiger partial charge in [-0.25, -0.2) is 0 Å². The van der Waals surface area contributed by atoms with Crippen molar-refractivity contribution in [2.45, 2.75) is 46.5 Å². The molecule has 0 radical (unpaired) electrons. The minimum Gasteiger partial charge on any atom is -0.493 e. The minimum absolute atomic E-state index is 0.226. The van der Waals surface area contributed by atoms with Crippen LogP contribution in [-0.2, 0) is 17.6 Å². The highest BCUT2D eigenvalue weighted by molar-refractivity contribution is 9.10. The number of carbonyl (C=O) groups excluding carboxylic acids is 1. The molecule has 0 bridgehead atoms. The maximum Gasteiger partial charge on any atom is 0.138 e. The summed E-state index contributed by atoms with van der Waals surface area (Å²) in [5, 5.41) is 0. The van der Waals surface area contributed by atoms with E-state index in [1.807, 2.05) is 20.8 Å². The van der Waals surface area contributed by atoms with Crippen molar-refractivity contribution in [3.8, 4) is 5.75 Å². The van der Waals surface area contributed by atoms with Crippen LogP contribution in [0.4, 0.5) is 0 Å². The fraction of sp³-hybridized carbons (Fsp3) is 0.562. The summed E-state index contributed by atoms with van der Waals surface area (Å²) in [6.45, 7) is 6.72. The lowest BCUT2D eigenvalue weighted by Crippen LogP contribution is -2.19. The van der Waals surface area contributed by atoms with Gasteiger partial charge in [0.05, 0.1) is 6.61 Å². The third-order valence-corrected chi connectivity index (χ3v) is 3.97. The van der Waals surface area contributed by atoms with Gasteiger partial charge in [-0.15, -0.1) is 0 Å². The van der Waals surface area contributed by atoms with Crippen LogP contribution in [0.2, 0.25) is 0 Å². The van der Waals surface area contributed by atoms with E-state index >= 15 is 0 Å². The molecule has 0 spiro atoms. The lowest BCUT2D eigenvalue weighted by atomic mass is 9.87. The van der Waals surface area contributed by atoms with Gasteiger partial charge in [0, 0.05) is 22.7 Å². The summed E-state index contributed by atoms with van der Waals surface area (Å²) < 4.78 is 6.81. The second-order valence-electron chi connectivity index (χ2n) is 6.18. The first-order valence-corrected chi connectivity index (χ1v) is 7.64. The van der Waals surface area contributed by atoms with Gasteiger partial charge in [0.25, 0.3) is 0 Å². The Bertz CT molecular complexity index is 486. The maximum absolute atomic E-state index is 11.9. The standard InChI is InChI=1S/C16H21BrO2/c1-16(2,3)14(18)6-4-5-11-9-13(17)10-12-7-8-19-15(11)12/h9-10H,4-8H2,1-3H3. The Morgan fingerprint density at radius 2 is 2.11 bits per heavy atom. The molecule has 0 atom stereocenters. The van der Waals surface area contributed by atoms with Crippen molar-refractivity contribution in [2.24, 2.45) is 5.41 Å². The van der Waals surface area contributed by atoms with Gasteiger partial charge in [-0.1, -0.05) is 36.7 Å². The summed E-state index contributed by atoms with van der Waals surface area (Å²) in [4.78, 5) is 11.9. The summed E-state index contributed by atoms with van der Waals surface area (Å²) in [7, 11) is 0. The number of hydrogen-bond donors (Lipinski definition) is 0. The molecule has 2 nitrogen and oxygen atoms in total. The molecule has 1 aromatic carbocycles. The molecule has 0 unspecified atom stereocenters. The molecule has 19 heavy (non-hydrogen) atoms. The van der Waals surface area contributed by atoms with Crippen LogP contribution in [0.3, 0.4) is 0 Å². The average molecular weight is 325 g/mol. The highest BCUT2D eigenvalue weighted by Crippen LogP contribution is 2.34. The number of hydrogen-bond acceptors (Lipinski definition) is 2. The predicted molar refractivity (Wildman–Crippen MR) is 80.7 cm³/mol. The zero-order valence-electron chi connectivity index (χ0n) is 11.9. The number of fused-ring (bicyclic) bond motifs is 1. The van der Waals surface area contributed by atoms with Crippen LogP contribution in [0, 0.1) is 5.41 Å². The summed E-state index contributed by atoms with van der Waals surface area (Å²) in [5.41, 5.74) is 2.28. The molecule has 104 valence electrons. The monoisotopic (exact) mass is 324 g/mol. The Kier molecular flexibility index (Phi) is 4.34. The largest absolute Gasteiger partial charge is 0.493 e. The zero-order chi connectivity index (χ0) is 14.0. The zero-order valence-corrected chi connectivity index (χ0v) is 13.5. The van der Waals surface area contributed by atoms with Gasteiger partial charge in [-0.2, -0.15) is 0 Å². The van der Waals surface area contributed by atoms with Crippen molar-refractivity contribution in [3.05, 3.63) is 27.7 Å². The second-order valence-corrected chi connectivity index (χ2v) is 7.09. The van der Waals surface area contributed by atoms with Crippen LogP contribution in [0.5, 0.6) is 5.75 Å². The quantitative estimate of drug-likeness (QED) is 0.824. The molecule has 0 saturated heterocycles. The van der Waals surface area contributed by atoms with Crippen molar-refractivity contribution in [1.82, 2.24) is 0 Å². The molecule has 0 aromatic heterocycles. The molecular formula is C16H21BrO2. The van der Waals surface area contributed by atoms with Crippen LogP contribution >= 0.6 is 15.9 Å². The van der Waals surface area contributed by atoms with Crippen molar-refractivity contribution in [1.29, 1.82) is 0 Å². The van der Waals surface area contributed by atoms with E-state index in [1.165, 1.54) is 11.1 Å². The van der Waals surface area contributed by atoms with Crippen molar-refractivity contribution >= 4 is 21.7 Å². The number of Topliss-reactive ketones (excluding diaryl/α,β-unsaturated/α-hetero) is 1. The number of halogens is 1. The number of ketones is 1. The van der Waals surface area contributed by atoms with Gasteiger partial charge in [0.15, 0.2) is 0 Å². The maximum atomic E-state index is 11.9. The Morgan fingerprint density at radius 1 is 1.37 bits per heavy atom. The van der Waals surface area contributed by atoms with Gasteiger partial charge in [-0.05, 0) is 36.1 Å². The van der Waals surface area contributed by atoms with Gasteiger partial charge in [0.2, 0.25) is 0 Å². The normalized spacial score (nSPS) is 14.1. The topological polar surface area (TPSA) is 26.3 Å². The molecule has 1 aromatic rings. The molecule has 0 aliphatic carbocycles. The van der Waals surface area contributed by atoms with Gasteiger partial charge in [0.1, 0.15) is 11.5 Å². The Hall–Kier alpha value is -0.830. The summed E-state index contributed by atoms with van der Waals surface area (Å²) in [6.07, 6.45) is 3.43. The Morgan fingerprint density at radius 3 is 2.79 bits per heavy atom. The summed E-state index contributed by atoms with van der Waals surface area (Å²) >= 11 is 3.55. The van der Waals surface area contributed by atoms with E-state index < -0.39 is 0 Å². The molecule has 1 aliphatic heterocycles. The average Bonchev–Trinajstić information content (AvgIpc) is 2.75. The molecule has 0 saturated carbocycles. The van der Waals surface area contributed by atoms with E-state index in [-0.39, 0.29) is 5.41 Å². The first kappa shape index (κ1) is 14.6. The SMILES string of the molecule is CC(C)(C)C(=O)CCCc1cc(Br)cc2c1OCC2. The Balaban J connectivity index is 1.99. The first-order valence-electron chi connectivity index (χ1n) is 6.85. The van der Waals surface area contributed by atoms with E-state index in [0.717, 1.165) is 36.1 Å². The van der Waals surface area contributed by atoms with Crippen LogP contribution in [0.1, 0.15) is 44.7 Å². The molecule has 1 aliphatic rings. The number of rotatable bonds is 4. The Labute approximate surface area is 123 Å². The molecule has 1 heterocycles. The molecule has 0 fully saturated rings. The highest BCUT2D eigenvalue weighted by atomic mass is 79.9. The number of benzene rings is 1. The molecular weight excluding hydrogens is 304 g/mol. The van der Waals surface area contributed by atoms with Crippen LogP contribution < -0.4 is 4.74 Å². The van der Waals surface area contributed by atoms with Gasteiger partial charge < -0.3 is 4.74 Å². The van der Waals surface area contributed by atoms with Crippen LogP contribution in [0.15, 0.2) is 16.6 Å². The van der Waals surface area contributed by atoms with Crippen molar-refractivity contribution in [2.75, 3.05) is 6.61 Å². The summed E-state index contributed by atoms with van der Waals surface area (Å²) in [6, 6.07) is 4.25. The third-order valence-electron chi connectivity index (χ3n) is 3.51. The lowest BCUT2D eigenvalue weighted by molar-refractivity contribution is -0.126. The highest BCUT2D eigenvalue weighted by Gasteiger charge is 2.21. The van der Waals surface area contributed by atoms with Crippen molar-refractivity contribution in [3.63, 3.8) is 0 Å². The molecule has 3 heteroatoms. The van der Waals surface area contributed by atoms with Crippen LogP contribution in [0.25, 0.3) is 0 Å². The third kappa shape index (κ3) is 3.59. The van der Waals surface area contributed by atoms with Crippen LogP contribution in [-0.4, -0.2) is 12.4 Å². The van der Waals surface area contributed by atoms with Gasteiger partial charge >= 0.3 is 0 Å². The van der Waals surface area contributed by atoms with E-state index in [4.69, 9.17) is 4.74 Å². The minimum atomic E-state index is -0.226. The number of aryl methyl sites for hydroxylation is 1. The molecule has 2 rings (SSSR count). The van der Waals surface area contributed by atoms with E-state index in [0.29, 0.717) is 12.2 Å². The second kappa shape index (κ2) is 5.66. The van der Waals surface area contributed by atoms with Gasteiger partial charge in [-0.3, -0.25) is 4.79 Å². The first-order chi connectivity index (χ1) is 8.88. The van der Waals surface area contributed by atoms with Crippen molar-refractivity contribution < 1.29 is 9.53 Å².